The molecule has 5 aliphatic rings. The highest BCUT2D eigenvalue weighted by molar-refractivity contribution is 8.00. The van der Waals surface area contributed by atoms with E-state index in [0.717, 1.165) is 11.1 Å². The number of carbonyl (C=O) groups is 8. The van der Waals surface area contributed by atoms with Gasteiger partial charge in [0.25, 0.3) is 0 Å². The fourth-order valence-electron chi connectivity index (χ4n) is 10.1. The molecule has 1 aromatic carbocycles. The Morgan fingerprint density at radius 3 is 2.39 bits per heavy atom. The van der Waals surface area contributed by atoms with Crippen LogP contribution in [0.15, 0.2) is 35.9 Å². The molecule has 1 aromatic rings. The Labute approximate surface area is 431 Å². The lowest BCUT2D eigenvalue weighted by Crippen LogP contribution is -2.63. The van der Waals surface area contributed by atoms with Gasteiger partial charge in [0.1, 0.15) is 52.3 Å². The maximum Gasteiger partial charge on any atom is 0.409 e. The molecule has 1 saturated carbocycles. The molecule has 18 nitrogen and oxygen atoms in total. The molecule has 0 aromatic heterocycles. The fourth-order valence-corrected chi connectivity index (χ4v) is 11.5. The van der Waals surface area contributed by atoms with Crippen LogP contribution in [0.5, 0.6) is 5.75 Å². The minimum Gasteiger partial charge on any atom is -0.495 e. The fraction of sp³-hybridized carbons (Fsp3) is 0.654. The van der Waals surface area contributed by atoms with Crippen LogP contribution >= 0.6 is 23.4 Å². The van der Waals surface area contributed by atoms with Crippen molar-refractivity contribution in [3.8, 4) is 5.75 Å². The van der Waals surface area contributed by atoms with Crippen molar-refractivity contribution in [1.29, 1.82) is 0 Å². The molecule has 4 heterocycles. The Balaban J connectivity index is 1.12. The number of anilines is 1. The number of Topliss-reactive ketones (excluding diaryl/α,β-unsaturated/α-hetero) is 2. The molecule has 1 unspecified atom stereocenters. The standard InChI is InChI=1S/C52H71ClN4O14S/c1-28(2)36(58)23-37(59)34-16-14-32(15-17-34)27-57-45(62)24-40(48(57)63)72-19-18-43(60)55(7)31(5)49(64)70-42-25-44(61)56(8)35-21-33(22-38(67-9)46(35)53)20-29(3)12-11-13-41(68-10)52(66)26-39(69-50(65)54-52)30(4)47-51(42,6)71-47/h11-13,21-22,28,30-32,34,39-42,47,66H,14-20,23-27H2,1-10H3,(H,54,65)/b13-11+,29-12+/t30-,31+,32?,34?,39+,40?,41-,42+,47+,51+,52+/m1/s1. The molecule has 4 fully saturated rings. The van der Waals surface area contributed by atoms with Crippen LogP contribution in [0.2, 0.25) is 5.02 Å². The van der Waals surface area contributed by atoms with E-state index < -0.39 is 76.8 Å². The predicted molar refractivity (Wildman–Crippen MR) is 268 cm³/mol. The molecule has 0 radical (unpaired) electrons. The van der Waals surface area contributed by atoms with E-state index in [4.69, 9.17) is 35.3 Å². The zero-order chi connectivity index (χ0) is 53.0. The number of ketones is 2. The third-order valence-electron chi connectivity index (χ3n) is 15.1. The van der Waals surface area contributed by atoms with Crippen LogP contribution < -0.4 is 15.0 Å². The van der Waals surface area contributed by atoms with E-state index in [1.165, 1.54) is 54.7 Å². The van der Waals surface area contributed by atoms with Gasteiger partial charge in [-0.05, 0) is 76.5 Å². The van der Waals surface area contributed by atoms with E-state index in [9.17, 15) is 43.5 Å². The van der Waals surface area contributed by atoms with Gasteiger partial charge in [-0.2, -0.15) is 0 Å². The summed E-state index contributed by atoms with van der Waals surface area (Å²) < 4.78 is 29.4. The van der Waals surface area contributed by atoms with E-state index in [0.29, 0.717) is 43.5 Å². The number of amides is 5. The Bertz CT molecular complexity index is 2340. The maximum atomic E-state index is 14.4. The van der Waals surface area contributed by atoms with Gasteiger partial charge >= 0.3 is 12.1 Å². The highest BCUT2D eigenvalue weighted by atomic mass is 35.5. The first kappa shape index (κ1) is 56.5. The van der Waals surface area contributed by atoms with Crippen molar-refractivity contribution in [2.45, 2.75) is 153 Å². The van der Waals surface area contributed by atoms with Gasteiger partial charge in [-0.25, -0.2) is 9.59 Å². The normalized spacial score (nSPS) is 31.7. The van der Waals surface area contributed by atoms with Gasteiger partial charge < -0.3 is 38.6 Å². The summed E-state index contributed by atoms with van der Waals surface area (Å²) >= 11 is 8.02. The number of hydrogen-bond donors (Lipinski definition) is 2. The van der Waals surface area contributed by atoms with Gasteiger partial charge in [-0.3, -0.25) is 39.0 Å². The number of esters is 1. The summed E-state index contributed by atoms with van der Waals surface area (Å²) in [6, 6.07) is 2.40. The third-order valence-corrected chi connectivity index (χ3v) is 16.7. The largest absolute Gasteiger partial charge is 0.495 e. The predicted octanol–water partition coefficient (Wildman–Crippen LogP) is 5.76. The lowest BCUT2D eigenvalue weighted by molar-refractivity contribution is -0.162. The van der Waals surface area contributed by atoms with Crippen molar-refractivity contribution in [2.75, 3.05) is 45.5 Å². The number of rotatable bonds is 15. The van der Waals surface area contributed by atoms with E-state index in [2.05, 4.69) is 5.32 Å². The number of hydrogen-bond acceptors (Lipinski definition) is 15. The van der Waals surface area contributed by atoms with Crippen molar-refractivity contribution in [2.24, 2.45) is 23.7 Å². The molecular formula is C52H71ClN4O14S. The molecule has 6 rings (SSSR count). The number of carbonyl (C=O) groups excluding carboxylic acids is 8. The number of likely N-dealkylation sites (N-methyl/N-ethyl adjacent to an activating group) is 1. The number of allylic oxidation sites excluding steroid dienone is 3. The van der Waals surface area contributed by atoms with Gasteiger partial charge in [-0.1, -0.05) is 56.2 Å². The summed E-state index contributed by atoms with van der Waals surface area (Å²) in [4.78, 5) is 110. The van der Waals surface area contributed by atoms with Crippen LogP contribution in [0.1, 0.15) is 105 Å². The van der Waals surface area contributed by atoms with Crippen LogP contribution in [-0.4, -0.2) is 150 Å². The number of thioether (sulfide) groups is 1. The number of halogens is 1. The van der Waals surface area contributed by atoms with Crippen LogP contribution in [-0.2, 0) is 58.9 Å². The maximum absolute atomic E-state index is 14.4. The number of aliphatic hydroxyl groups is 1. The number of alkyl carbamates (subject to hydrolysis) is 1. The lowest BCUT2D eigenvalue weighted by atomic mass is 9.78. The van der Waals surface area contributed by atoms with Crippen molar-refractivity contribution < 1.29 is 67.1 Å². The SMILES string of the molecule is COc1cc2cc(c1Cl)N(C)C(=O)C[C@H](OC(=O)[C@H](C)N(C)C(=O)CCSC1CC(=O)N(CC3CCC(C(=O)CC(=O)C(C)C)CC3)C1=O)[C@]1(C)O[C@H]1[C@H](C)[C@@H]1C[C@@](O)(NC(=O)O1)[C@H](OC)/C=C/C=C(\C)C2. The Morgan fingerprint density at radius 2 is 1.74 bits per heavy atom. The van der Waals surface area contributed by atoms with Crippen LogP contribution in [0.25, 0.3) is 0 Å². The monoisotopic (exact) mass is 1040 g/mol. The Hall–Kier alpha value is -4.82. The summed E-state index contributed by atoms with van der Waals surface area (Å²) in [5.74, 6) is -2.82. The first-order chi connectivity index (χ1) is 33.9. The van der Waals surface area contributed by atoms with Crippen LogP contribution in [0.3, 0.4) is 0 Å². The molecule has 1 aliphatic carbocycles. The van der Waals surface area contributed by atoms with Crippen molar-refractivity contribution in [3.05, 3.63) is 46.5 Å². The third kappa shape index (κ3) is 12.9. The molecule has 2 N–H and O–H groups in total. The van der Waals surface area contributed by atoms with Gasteiger partial charge in [0.05, 0.1) is 37.0 Å². The van der Waals surface area contributed by atoms with E-state index in [1.54, 1.807) is 59.0 Å². The van der Waals surface area contributed by atoms with E-state index >= 15 is 0 Å². The lowest BCUT2D eigenvalue weighted by Gasteiger charge is -2.42. The minimum absolute atomic E-state index is 0.00527. The topological polar surface area (TPSA) is 228 Å². The molecule has 20 heteroatoms. The zero-order valence-electron chi connectivity index (χ0n) is 43.0. The van der Waals surface area contributed by atoms with Crippen molar-refractivity contribution in [3.63, 3.8) is 0 Å². The molecule has 9 atom stereocenters. The average Bonchev–Trinajstić information content (AvgIpc) is 3.96. The summed E-state index contributed by atoms with van der Waals surface area (Å²) in [5, 5.41) is 13.9. The molecule has 4 bridgehead atoms. The van der Waals surface area contributed by atoms with Crippen molar-refractivity contribution >= 4 is 76.3 Å². The number of epoxide rings is 1. The number of methoxy groups -OCH3 is 2. The second kappa shape index (κ2) is 23.6. The number of likely N-dealkylation sites (tertiary alicyclic amines) is 1. The summed E-state index contributed by atoms with van der Waals surface area (Å²) in [5.41, 5.74) is -1.17. The zero-order valence-corrected chi connectivity index (χ0v) is 44.6. The molecule has 4 aliphatic heterocycles. The number of nitrogens with one attached hydrogen (secondary N) is 1. The summed E-state index contributed by atoms with van der Waals surface area (Å²) in [6.07, 6.45) is 2.87. The highest BCUT2D eigenvalue weighted by Gasteiger charge is 2.64. The summed E-state index contributed by atoms with van der Waals surface area (Å²) in [6.45, 7) is 10.7. The average molecular weight is 1040 g/mol. The molecule has 72 heavy (non-hydrogen) atoms. The highest BCUT2D eigenvalue weighted by Crippen LogP contribution is 2.49. The van der Waals surface area contributed by atoms with Crippen molar-refractivity contribution in [1.82, 2.24) is 15.1 Å². The van der Waals surface area contributed by atoms with Gasteiger partial charge in [-0.15, -0.1) is 11.8 Å². The molecule has 396 valence electrons. The second-order valence-electron chi connectivity index (χ2n) is 20.5. The van der Waals surface area contributed by atoms with Gasteiger partial charge in [0, 0.05) is 70.5 Å². The smallest absolute Gasteiger partial charge is 0.409 e. The number of benzene rings is 1. The molecule has 5 amide bonds. The Kier molecular flexibility index (Phi) is 18.5. The number of fused-ring (bicyclic) bond motifs is 5. The van der Waals surface area contributed by atoms with Crippen LogP contribution in [0, 0.1) is 23.7 Å². The minimum atomic E-state index is -1.88. The molecular weight excluding hydrogens is 972 g/mol. The second-order valence-corrected chi connectivity index (χ2v) is 22.2. The number of imide groups is 1. The van der Waals surface area contributed by atoms with E-state index in [1.807, 2.05) is 13.0 Å². The summed E-state index contributed by atoms with van der Waals surface area (Å²) in [7, 11) is 5.88. The van der Waals surface area contributed by atoms with Crippen LogP contribution in [0.4, 0.5) is 10.5 Å². The number of ether oxygens (including phenoxy) is 5. The molecule has 3 saturated heterocycles. The van der Waals surface area contributed by atoms with E-state index in [-0.39, 0.29) is 90.6 Å². The molecule has 0 spiro atoms. The first-order valence-electron chi connectivity index (χ1n) is 24.8. The quantitative estimate of drug-likeness (QED) is 0.0922. The number of nitrogens with zero attached hydrogens (tertiary/aromatic N) is 3. The first-order valence-corrected chi connectivity index (χ1v) is 26.2. The van der Waals surface area contributed by atoms with Gasteiger partial charge in [0.15, 0.2) is 5.72 Å². The van der Waals surface area contributed by atoms with Gasteiger partial charge in [0.2, 0.25) is 23.6 Å². The Morgan fingerprint density at radius 1 is 1.04 bits per heavy atom.